The van der Waals surface area contributed by atoms with Crippen LogP contribution >= 0.6 is 11.6 Å². The van der Waals surface area contributed by atoms with Crippen molar-refractivity contribution in [3.63, 3.8) is 0 Å². The van der Waals surface area contributed by atoms with Crippen molar-refractivity contribution >= 4 is 17.5 Å². The van der Waals surface area contributed by atoms with E-state index >= 15 is 0 Å². The largest absolute Gasteiger partial charge is 0.493 e. The van der Waals surface area contributed by atoms with Gasteiger partial charge in [-0.15, -0.1) is 0 Å². The second-order valence-electron chi connectivity index (χ2n) is 5.51. The van der Waals surface area contributed by atoms with Gasteiger partial charge in [0.1, 0.15) is 0 Å². The number of halogens is 4. The molecule has 0 aliphatic heterocycles. The first-order chi connectivity index (χ1) is 12.2. The predicted octanol–water partition coefficient (Wildman–Crippen LogP) is 4.65. The third-order valence-electron chi connectivity index (χ3n) is 3.76. The van der Waals surface area contributed by atoms with Gasteiger partial charge in [0.25, 0.3) is 5.91 Å². The number of carbonyl (C=O) groups is 1. The van der Waals surface area contributed by atoms with Crippen LogP contribution in [0.3, 0.4) is 0 Å². The van der Waals surface area contributed by atoms with Crippen molar-refractivity contribution in [1.29, 1.82) is 0 Å². The molecule has 1 amide bonds. The van der Waals surface area contributed by atoms with E-state index in [0.29, 0.717) is 0 Å². The average Bonchev–Trinajstić information content (AvgIpc) is 2.59. The number of alkyl halides is 3. The second kappa shape index (κ2) is 7.86. The number of ether oxygens (including phenoxy) is 2. The molecule has 4 nitrogen and oxygen atoms in total. The molecule has 0 heterocycles. The zero-order valence-corrected chi connectivity index (χ0v) is 15.1. The first-order valence-electron chi connectivity index (χ1n) is 7.51. The molecule has 0 atom stereocenters. The molecule has 0 unspecified atom stereocenters. The fraction of sp³-hybridized carbons (Fsp3) is 0.278. The Morgan fingerprint density at radius 3 is 2.38 bits per heavy atom. The quantitative estimate of drug-likeness (QED) is 0.749. The normalized spacial score (nSPS) is 11.2. The molecule has 2 aromatic rings. The Labute approximate surface area is 154 Å². The molecule has 2 aromatic carbocycles. The smallest absolute Gasteiger partial charge is 0.416 e. The Balaban J connectivity index is 2.31. The Hall–Kier alpha value is -2.41. The van der Waals surface area contributed by atoms with Gasteiger partial charge in [-0.1, -0.05) is 29.8 Å². The van der Waals surface area contributed by atoms with Gasteiger partial charge in [0.15, 0.2) is 11.5 Å². The number of benzene rings is 2. The van der Waals surface area contributed by atoms with E-state index in [1.54, 1.807) is 0 Å². The van der Waals surface area contributed by atoms with Crippen LogP contribution in [-0.4, -0.2) is 32.1 Å². The molecule has 0 aliphatic rings. The van der Waals surface area contributed by atoms with Crippen molar-refractivity contribution in [1.82, 2.24) is 4.90 Å². The number of hydrogen-bond acceptors (Lipinski definition) is 3. The van der Waals surface area contributed by atoms with Crippen LogP contribution < -0.4 is 9.47 Å². The number of methoxy groups -OCH3 is 2. The minimum Gasteiger partial charge on any atom is -0.493 e. The molecule has 26 heavy (non-hydrogen) atoms. The second-order valence-corrected chi connectivity index (χ2v) is 5.92. The number of carbonyl (C=O) groups excluding carboxylic acids is 1. The first kappa shape index (κ1) is 19.9. The highest BCUT2D eigenvalue weighted by Gasteiger charge is 2.33. The van der Waals surface area contributed by atoms with Gasteiger partial charge < -0.3 is 14.4 Å². The van der Waals surface area contributed by atoms with E-state index in [-0.39, 0.29) is 34.2 Å². The van der Waals surface area contributed by atoms with Crippen molar-refractivity contribution in [3.8, 4) is 11.5 Å². The van der Waals surface area contributed by atoms with E-state index in [0.717, 1.165) is 6.07 Å². The molecule has 0 aromatic heterocycles. The van der Waals surface area contributed by atoms with Crippen molar-refractivity contribution in [3.05, 3.63) is 58.1 Å². The molecule has 0 spiro atoms. The van der Waals surface area contributed by atoms with Gasteiger partial charge in [0.2, 0.25) is 0 Å². The minimum absolute atomic E-state index is 0.00224. The number of hydrogen-bond donors (Lipinski definition) is 0. The van der Waals surface area contributed by atoms with Gasteiger partial charge in [0, 0.05) is 19.2 Å². The summed E-state index contributed by atoms with van der Waals surface area (Å²) in [6.45, 7) is -0.208. The Kier molecular flexibility index (Phi) is 6.02. The molecule has 0 aliphatic carbocycles. The summed E-state index contributed by atoms with van der Waals surface area (Å²) in [5, 5.41) is 0.166. The van der Waals surface area contributed by atoms with Gasteiger partial charge in [0.05, 0.1) is 24.8 Å². The molecule has 0 saturated carbocycles. The monoisotopic (exact) mass is 387 g/mol. The first-order valence-corrected chi connectivity index (χ1v) is 7.89. The highest BCUT2D eigenvalue weighted by Crippen LogP contribution is 2.36. The maximum absolute atomic E-state index is 13.1. The summed E-state index contributed by atoms with van der Waals surface area (Å²) >= 11 is 6.08. The number of rotatable bonds is 5. The fourth-order valence-electron chi connectivity index (χ4n) is 2.52. The third kappa shape index (κ3) is 4.22. The van der Waals surface area contributed by atoms with Crippen molar-refractivity contribution in [2.45, 2.75) is 12.7 Å². The lowest BCUT2D eigenvalue weighted by Crippen LogP contribution is -2.27. The van der Waals surface area contributed by atoms with Crippen LogP contribution in [0.25, 0.3) is 0 Å². The summed E-state index contributed by atoms with van der Waals surface area (Å²) in [5.74, 6) is 0.0352. The summed E-state index contributed by atoms with van der Waals surface area (Å²) in [5.41, 5.74) is -0.591. The van der Waals surface area contributed by atoms with Crippen LogP contribution in [0.1, 0.15) is 21.5 Å². The van der Waals surface area contributed by atoms with Crippen LogP contribution in [0.5, 0.6) is 11.5 Å². The Morgan fingerprint density at radius 1 is 1.15 bits per heavy atom. The van der Waals surface area contributed by atoms with E-state index in [1.165, 1.54) is 56.5 Å². The van der Waals surface area contributed by atoms with E-state index in [1.807, 2.05) is 0 Å². The Bertz CT molecular complexity index is 809. The molecular weight excluding hydrogens is 371 g/mol. The number of nitrogens with zero attached hydrogens (tertiary/aromatic N) is 1. The van der Waals surface area contributed by atoms with Crippen molar-refractivity contribution in [2.24, 2.45) is 0 Å². The lowest BCUT2D eigenvalue weighted by atomic mass is 10.1. The fourth-order valence-corrected chi connectivity index (χ4v) is 2.81. The molecule has 140 valence electrons. The molecule has 8 heteroatoms. The molecular formula is C18H17ClF3NO3. The molecule has 0 saturated heterocycles. The van der Waals surface area contributed by atoms with Gasteiger partial charge in [-0.25, -0.2) is 0 Å². The van der Waals surface area contributed by atoms with Gasteiger partial charge in [-0.3, -0.25) is 4.79 Å². The summed E-state index contributed by atoms with van der Waals surface area (Å²) in [7, 11) is 4.22. The molecule has 0 N–H and O–H groups in total. The number of amides is 1. The summed E-state index contributed by atoms with van der Waals surface area (Å²) in [6, 6.07) is 7.95. The maximum atomic E-state index is 13.1. The lowest BCUT2D eigenvalue weighted by molar-refractivity contribution is -0.138. The van der Waals surface area contributed by atoms with Crippen LogP contribution in [0.2, 0.25) is 5.02 Å². The SMILES string of the molecule is COc1cc(C(=O)N(C)Cc2ccccc2C(F)(F)F)cc(Cl)c1OC. The molecule has 0 fully saturated rings. The molecule has 0 radical (unpaired) electrons. The maximum Gasteiger partial charge on any atom is 0.416 e. The molecule has 2 rings (SSSR count). The van der Waals surface area contributed by atoms with Gasteiger partial charge in [-0.2, -0.15) is 13.2 Å². The van der Waals surface area contributed by atoms with E-state index in [4.69, 9.17) is 21.1 Å². The van der Waals surface area contributed by atoms with Gasteiger partial charge >= 0.3 is 6.18 Å². The Morgan fingerprint density at radius 2 is 1.81 bits per heavy atom. The van der Waals surface area contributed by atoms with Crippen LogP contribution in [0.15, 0.2) is 36.4 Å². The van der Waals surface area contributed by atoms with Gasteiger partial charge in [-0.05, 0) is 23.8 Å². The minimum atomic E-state index is -4.49. The zero-order chi connectivity index (χ0) is 19.5. The highest BCUT2D eigenvalue weighted by molar-refractivity contribution is 6.32. The van der Waals surface area contributed by atoms with Crippen molar-refractivity contribution < 1.29 is 27.4 Å². The van der Waals surface area contributed by atoms with Crippen LogP contribution in [0, 0.1) is 0 Å². The topological polar surface area (TPSA) is 38.8 Å². The summed E-state index contributed by atoms with van der Waals surface area (Å²) < 4.78 is 49.6. The zero-order valence-electron chi connectivity index (χ0n) is 14.4. The van der Waals surface area contributed by atoms with Crippen LogP contribution in [0.4, 0.5) is 13.2 Å². The summed E-state index contributed by atoms with van der Waals surface area (Å²) in [6.07, 6.45) is -4.49. The predicted molar refractivity (Wildman–Crippen MR) is 91.8 cm³/mol. The third-order valence-corrected chi connectivity index (χ3v) is 4.04. The standard InChI is InChI=1S/C18H17ClF3NO3/c1-23(10-11-6-4-5-7-13(11)18(20,21)22)17(24)12-8-14(19)16(26-3)15(9-12)25-2/h4-9H,10H2,1-3H3. The summed E-state index contributed by atoms with van der Waals surface area (Å²) in [4.78, 5) is 13.8. The van der Waals surface area contributed by atoms with E-state index < -0.39 is 17.6 Å². The van der Waals surface area contributed by atoms with E-state index in [9.17, 15) is 18.0 Å². The average molecular weight is 388 g/mol. The van der Waals surface area contributed by atoms with Crippen molar-refractivity contribution in [2.75, 3.05) is 21.3 Å². The lowest BCUT2D eigenvalue weighted by Gasteiger charge is -2.21. The van der Waals surface area contributed by atoms with Crippen LogP contribution in [-0.2, 0) is 12.7 Å². The van der Waals surface area contributed by atoms with E-state index in [2.05, 4.69) is 0 Å². The molecule has 0 bridgehead atoms. The highest BCUT2D eigenvalue weighted by atomic mass is 35.5.